The summed E-state index contributed by atoms with van der Waals surface area (Å²) in [5.74, 6) is -3.88. The zero-order valence-electron chi connectivity index (χ0n) is 10.2. The van der Waals surface area contributed by atoms with Crippen LogP contribution in [0.5, 0.6) is 0 Å². The van der Waals surface area contributed by atoms with Crippen LogP contribution in [0.4, 0.5) is 14.5 Å². The molecular formula is C12H13F2NO3. The third-order valence-corrected chi connectivity index (χ3v) is 1.76. The minimum absolute atomic E-state index is 0.411. The highest BCUT2D eigenvalue weighted by Gasteiger charge is 2.23. The van der Waals surface area contributed by atoms with Gasteiger partial charge in [0.15, 0.2) is 0 Å². The van der Waals surface area contributed by atoms with Gasteiger partial charge >= 0.3 is 11.9 Å². The highest BCUT2D eigenvalue weighted by atomic mass is 19.1. The van der Waals surface area contributed by atoms with Crippen molar-refractivity contribution in [3.63, 3.8) is 0 Å². The van der Waals surface area contributed by atoms with Crippen molar-refractivity contribution >= 4 is 17.6 Å². The first kappa shape index (κ1) is 14.1. The van der Waals surface area contributed by atoms with E-state index in [0.717, 1.165) is 18.2 Å². The van der Waals surface area contributed by atoms with E-state index in [2.05, 4.69) is 0 Å². The largest absolute Gasteiger partial charge is 0.453 e. The first-order valence-corrected chi connectivity index (χ1v) is 5.18. The normalized spacial score (nSPS) is 10.9. The zero-order chi connectivity index (χ0) is 13.9. The molecule has 0 atom stereocenters. The molecule has 1 aromatic rings. The average molecular weight is 257 g/mol. The van der Waals surface area contributed by atoms with Crippen molar-refractivity contribution in [1.82, 2.24) is 0 Å². The topological polar surface area (TPSA) is 55.4 Å². The summed E-state index contributed by atoms with van der Waals surface area (Å²) < 4.78 is 30.8. The molecule has 0 fully saturated rings. The van der Waals surface area contributed by atoms with Crippen molar-refractivity contribution in [2.45, 2.75) is 26.4 Å². The summed E-state index contributed by atoms with van der Waals surface area (Å²) in [6, 6.07) is 2.52. The molecule has 98 valence electrons. The maximum absolute atomic E-state index is 13.2. The summed E-state index contributed by atoms with van der Waals surface area (Å²) in [6.45, 7) is 4.75. The Morgan fingerprint density at radius 2 is 1.83 bits per heavy atom. The molecule has 18 heavy (non-hydrogen) atoms. The van der Waals surface area contributed by atoms with Crippen LogP contribution in [-0.4, -0.2) is 17.5 Å². The summed E-state index contributed by atoms with van der Waals surface area (Å²) in [5.41, 5.74) is -1.25. The molecule has 0 saturated carbocycles. The molecular weight excluding hydrogens is 244 g/mol. The van der Waals surface area contributed by atoms with E-state index in [1.807, 2.05) is 5.32 Å². The summed E-state index contributed by atoms with van der Waals surface area (Å²) >= 11 is 0. The Bertz CT molecular complexity index is 481. The summed E-state index contributed by atoms with van der Waals surface area (Å²) in [4.78, 5) is 22.7. The SMILES string of the molecule is CC(C)(C)OC(=O)C(=O)Nc1cc(F)ccc1F. The van der Waals surface area contributed by atoms with Gasteiger partial charge < -0.3 is 10.1 Å². The number of amides is 1. The van der Waals surface area contributed by atoms with Gasteiger partial charge in [0.1, 0.15) is 17.2 Å². The molecule has 0 heterocycles. The zero-order valence-corrected chi connectivity index (χ0v) is 10.2. The third-order valence-electron chi connectivity index (χ3n) is 1.76. The van der Waals surface area contributed by atoms with E-state index in [4.69, 9.17) is 4.74 Å². The van der Waals surface area contributed by atoms with Gasteiger partial charge in [-0.15, -0.1) is 0 Å². The molecule has 0 bridgehead atoms. The predicted molar refractivity (Wildman–Crippen MR) is 60.8 cm³/mol. The van der Waals surface area contributed by atoms with Crippen LogP contribution in [0.1, 0.15) is 20.8 Å². The molecule has 1 rings (SSSR count). The second-order valence-corrected chi connectivity index (χ2v) is 4.58. The predicted octanol–water partition coefficient (Wildman–Crippen LogP) is 2.25. The molecule has 0 spiro atoms. The van der Waals surface area contributed by atoms with E-state index in [0.29, 0.717) is 0 Å². The smallest absolute Gasteiger partial charge is 0.397 e. The number of ether oxygens (including phenoxy) is 1. The molecule has 0 aliphatic heterocycles. The van der Waals surface area contributed by atoms with Crippen molar-refractivity contribution < 1.29 is 23.1 Å². The second-order valence-electron chi connectivity index (χ2n) is 4.58. The third kappa shape index (κ3) is 4.12. The van der Waals surface area contributed by atoms with Crippen LogP contribution in [0, 0.1) is 11.6 Å². The molecule has 0 saturated heterocycles. The maximum atomic E-state index is 13.2. The number of benzene rings is 1. The van der Waals surface area contributed by atoms with Crippen LogP contribution in [0.25, 0.3) is 0 Å². The van der Waals surface area contributed by atoms with E-state index in [9.17, 15) is 18.4 Å². The van der Waals surface area contributed by atoms with Gasteiger partial charge in [0.2, 0.25) is 0 Å². The van der Waals surface area contributed by atoms with Gasteiger partial charge in [-0.05, 0) is 32.9 Å². The van der Waals surface area contributed by atoms with Crippen LogP contribution in [0.2, 0.25) is 0 Å². The number of carbonyl (C=O) groups is 2. The summed E-state index contributed by atoms with van der Waals surface area (Å²) in [6.07, 6.45) is 0. The average Bonchev–Trinajstić information content (AvgIpc) is 2.21. The number of esters is 1. The Morgan fingerprint density at radius 3 is 2.39 bits per heavy atom. The van der Waals surface area contributed by atoms with E-state index < -0.39 is 34.8 Å². The van der Waals surface area contributed by atoms with Gasteiger partial charge in [-0.2, -0.15) is 0 Å². The summed E-state index contributed by atoms with van der Waals surface area (Å²) in [7, 11) is 0. The molecule has 1 N–H and O–H groups in total. The highest BCUT2D eigenvalue weighted by Crippen LogP contribution is 2.15. The monoisotopic (exact) mass is 257 g/mol. The number of carbonyl (C=O) groups excluding carboxylic acids is 2. The van der Waals surface area contributed by atoms with E-state index in [1.165, 1.54) is 0 Å². The minimum Gasteiger partial charge on any atom is -0.453 e. The Balaban J connectivity index is 2.76. The van der Waals surface area contributed by atoms with Gasteiger partial charge in [-0.1, -0.05) is 0 Å². The van der Waals surface area contributed by atoms with Gasteiger partial charge in [-0.25, -0.2) is 13.6 Å². The van der Waals surface area contributed by atoms with Crippen LogP contribution in [0.15, 0.2) is 18.2 Å². The van der Waals surface area contributed by atoms with Crippen LogP contribution in [-0.2, 0) is 14.3 Å². The first-order chi connectivity index (χ1) is 8.19. The number of anilines is 1. The maximum Gasteiger partial charge on any atom is 0.397 e. The fourth-order valence-electron chi connectivity index (χ4n) is 1.09. The molecule has 0 aliphatic rings. The number of hydrogen-bond donors (Lipinski definition) is 1. The van der Waals surface area contributed by atoms with Gasteiger partial charge in [-0.3, -0.25) is 4.79 Å². The fourth-order valence-corrected chi connectivity index (χ4v) is 1.09. The van der Waals surface area contributed by atoms with Crippen molar-refractivity contribution in [2.75, 3.05) is 5.32 Å². The van der Waals surface area contributed by atoms with Crippen LogP contribution in [0.3, 0.4) is 0 Å². The number of hydrogen-bond acceptors (Lipinski definition) is 3. The number of nitrogens with one attached hydrogen (secondary N) is 1. The molecule has 0 radical (unpaired) electrons. The van der Waals surface area contributed by atoms with Crippen molar-refractivity contribution in [1.29, 1.82) is 0 Å². The highest BCUT2D eigenvalue weighted by molar-refractivity contribution is 6.37. The van der Waals surface area contributed by atoms with E-state index in [1.54, 1.807) is 20.8 Å². The van der Waals surface area contributed by atoms with Crippen molar-refractivity contribution in [3.8, 4) is 0 Å². The van der Waals surface area contributed by atoms with Gasteiger partial charge in [0.25, 0.3) is 0 Å². The van der Waals surface area contributed by atoms with Gasteiger partial charge in [0, 0.05) is 6.07 Å². The molecule has 1 amide bonds. The van der Waals surface area contributed by atoms with Crippen molar-refractivity contribution in [3.05, 3.63) is 29.8 Å². The lowest BCUT2D eigenvalue weighted by Gasteiger charge is -2.18. The Labute approximate surface area is 103 Å². The van der Waals surface area contributed by atoms with Crippen molar-refractivity contribution in [2.24, 2.45) is 0 Å². The Hall–Kier alpha value is -1.98. The quantitative estimate of drug-likeness (QED) is 0.620. The molecule has 4 nitrogen and oxygen atoms in total. The molecule has 0 aliphatic carbocycles. The number of halogens is 2. The molecule has 0 unspecified atom stereocenters. The Kier molecular flexibility index (Phi) is 4.00. The van der Waals surface area contributed by atoms with E-state index >= 15 is 0 Å². The molecule has 1 aromatic carbocycles. The lowest BCUT2D eigenvalue weighted by atomic mass is 10.2. The second kappa shape index (κ2) is 5.12. The lowest BCUT2D eigenvalue weighted by molar-refractivity contribution is -0.161. The lowest BCUT2D eigenvalue weighted by Crippen LogP contribution is -2.32. The van der Waals surface area contributed by atoms with Gasteiger partial charge in [0.05, 0.1) is 5.69 Å². The van der Waals surface area contributed by atoms with E-state index in [-0.39, 0.29) is 0 Å². The first-order valence-electron chi connectivity index (χ1n) is 5.18. The van der Waals surface area contributed by atoms with Crippen LogP contribution >= 0.6 is 0 Å². The Morgan fingerprint density at radius 1 is 1.22 bits per heavy atom. The van der Waals surface area contributed by atoms with Crippen LogP contribution < -0.4 is 5.32 Å². The molecule has 0 aromatic heterocycles. The minimum atomic E-state index is -1.16. The number of rotatable bonds is 1. The summed E-state index contributed by atoms with van der Waals surface area (Å²) in [5, 5.41) is 1.94. The standard InChI is InChI=1S/C12H13F2NO3/c1-12(2,3)18-11(17)10(16)15-9-6-7(13)4-5-8(9)14/h4-6H,1-3H3,(H,15,16). The molecule has 6 heteroatoms. The fraction of sp³-hybridized carbons (Fsp3) is 0.333.